The zero-order valence-corrected chi connectivity index (χ0v) is 19.0. The lowest BCUT2D eigenvalue weighted by Crippen LogP contribution is -2.53. The molecule has 7 nitrogen and oxygen atoms in total. The van der Waals surface area contributed by atoms with Crippen LogP contribution in [-0.4, -0.2) is 63.5 Å². The molecule has 2 aromatic carbocycles. The van der Waals surface area contributed by atoms with Crippen LogP contribution < -0.4 is 9.47 Å². The number of likely N-dealkylation sites (tertiary alicyclic amines) is 1. The van der Waals surface area contributed by atoms with Crippen molar-refractivity contribution in [2.24, 2.45) is 0 Å². The van der Waals surface area contributed by atoms with Gasteiger partial charge in [0.15, 0.2) is 11.5 Å². The van der Waals surface area contributed by atoms with Crippen molar-refractivity contribution in [3.63, 3.8) is 0 Å². The maximum atomic E-state index is 13.2. The van der Waals surface area contributed by atoms with Crippen LogP contribution in [0.2, 0.25) is 5.02 Å². The van der Waals surface area contributed by atoms with Crippen molar-refractivity contribution in [3.8, 4) is 11.5 Å². The fourth-order valence-electron chi connectivity index (χ4n) is 4.24. The number of methoxy groups -OCH3 is 1. The Morgan fingerprint density at radius 2 is 2.03 bits per heavy atom. The summed E-state index contributed by atoms with van der Waals surface area (Å²) >= 11 is 6.17. The number of fused-ring (bicyclic) bond motifs is 1. The quantitative estimate of drug-likeness (QED) is 0.525. The number of ether oxygens (including phenoxy) is 5. The molecule has 2 saturated heterocycles. The van der Waals surface area contributed by atoms with Crippen LogP contribution in [0.3, 0.4) is 0 Å². The lowest BCUT2D eigenvalue weighted by atomic mass is 9.82. The van der Waals surface area contributed by atoms with Gasteiger partial charge in [-0.2, -0.15) is 0 Å². The highest BCUT2D eigenvalue weighted by Gasteiger charge is 2.51. The second-order valence-electron chi connectivity index (χ2n) is 7.83. The molecule has 0 aromatic heterocycles. The Kier molecular flexibility index (Phi) is 7.22. The molecule has 2 atom stereocenters. The standard InChI is InChI=1S/C23H23ClF3NO6/c1-30-19-11-15(5-6-18(19)31-9-10-33-23(25,26)27)21(29)28-8-7-22(20(13-28)32-14-34-22)16-3-2-4-17(24)12-16/h2-6,11-12,20H,7-10,13-14H2,1H3/t20-,22-/m1/s1. The monoisotopic (exact) mass is 501 g/mol. The number of amides is 1. The maximum absolute atomic E-state index is 13.2. The molecule has 0 spiro atoms. The number of halogens is 4. The van der Waals surface area contributed by atoms with Crippen LogP contribution in [-0.2, 0) is 19.8 Å². The molecular formula is C23H23ClF3NO6. The Hall–Kier alpha value is -2.53. The van der Waals surface area contributed by atoms with Crippen LogP contribution in [0.4, 0.5) is 13.2 Å². The number of hydrogen-bond donors (Lipinski definition) is 0. The van der Waals surface area contributed by atoms with Crippen molar-refractivity contribution >= 4 is 17.5 Å². The topological polar surface area (TPSA) is 66.5 Å². The van der Waals surface area contributed by atoms with Gasteiger partial charge >= 0.3 is 6.36 Å². The fourth-order valence-corrected chi connectivity index (χ4v) is 4.43. The SMILES string of the molecule is COc1cc(C(=O)N2CC[C@]3(c4cccc(Cl)c4)OCO[C@@H]3C2)ccc1OCCOC(F)(F)F. The van der Waals surface area contributed by atoms with Crippen LogP contribution >= 0.6 is 11.6 Å². The highest BCUT2D eigenvalue weighted by atomic mass is 35.5. The number of carbonyl (C=O) groups is 1. The van der Waals surface area contributed by atoms with Gasteiger partial charge in [0.05, 0.1) is 20.3 Å². The number of nitrogens with zero attached hydrogens (tertiary/aromatic N) is 1. The number of rotatable bonds is 7. The second kappa shape index (κ2) is 9.99. The molecule has 0 saturated carbocycles. The summed E-state index contributed by atoms with van der Waals surface area (Å²) in [6.07, 6.45) is -4.56. The van der Waals surface area contributed by atoms with E-state index in [9.17, 15) is 18.0 Å². The van der Waals surface area contributed by atoms with Crippen LogP contribution in [0.15, 0.2) is 42.5 Å². The van der Waals surface area contributed by atoms with Crippen molar-refractivity contribution < 1.29 is 41.7 Å². The van der Waals surface area contributed by atoms with Gasteiger partial charge in [-0.15, -0.1) is 13.2 Å². The summed E-state index contributed by atoms with van der Waals surface area (Å²) in [7, 11) is 1.38. The molecule has 0 N–H and O–H groups in total. The second-order valence-corrected chi connectivity index (χ2v) is 8.26. The highest BCUT2D eigenvalue weighted by Crippen LogP contribution is 2.43. The first-order valence-corrected chi connectivity index (χ1v) is 10.9. The van der Waals surface area contributed by atoms with Crippen LogP contribution in [0, 0.1) is 0 Å². The van der Waals surface area contributed by atoms with Crippen molar-refractivity contribution in [2.45, 2.75) is 24.5 Å². The van der Waals surface area contributed by atoms with Crippen LogP contribution in [0.25, 0.3) is 0 Å². The summed E-state index contributed by atoms with van der Waals surface area (Å²) in [6.45, 7) is -0.128. The minimum absolute atomic E-state index is 0.122. The zero-order valence-electron chi connectivity index (χ0n) is 18.3. The van der Waals surface area contributed by atoms with Gasteiger partial charge in [-0.05, 0) is 35.9 Å². The van der Waals surface area contributed by atoms with Crippen molar-refractivity contribution in [1.82, 2.24) is 4.90 Å². The third kappa shape index (κ3) is 5.25. The van der Waals surface area contributed by atoms with Gasteiger partial charge in [-0.25, -0.2) is 0 Å². The average molecular weight is 502 g/mol. The number of hydrogen-bond acceptors (Lipinski definition) is 6. The smallest absolute Gasteiger partial charge is 0.493 e. The minimum atomic E-state index is -4.73. The van der Waals surface area contributed by atoms with Gasteiger partial charge in [-0.1, -0.05) is 23.7 Å². The molecule has 0 bridgehead atoms. The predicted molar refractivity (Wildman–Crippen MR) is 115 cm³/mol. The minimum Gasteiger partial charge on any atom is -0.493 e. The zero-order chi connectivity index (χ0) is 24.3. The third-order valence-corrected chi connectivity index (χ3v) is 6.10. The number of alkyl halides is 3. The van der Waals surface area contributed by atoms with Crippen LogP contribution in [0.1, 0.15) is 22.3 Å². The van der Waals surface area contributed by atoms with Gasteiger partial charge in [0.2, 0.25) is 0 Å². The number of carbonyl (C=O) groups excluding carboxylic acids is 1. The average Bonchev–Trinajstić information content (AvgIpc) is 3.25. The maximum Gasteiger partial charge on any atom is 0.522 e. The Morgan fingerprint density at radius 1 is 1.21 bits per heavy atom. The molecule has 0 radical (unpaired) electrons. The van der Waals surface area contributed by atoms with Crippen LogP contribution in [0.5, 0.6) is 11.5 Å². The summed E-state index contributed by atoms with van der Waals surface area (Å²) < 4.78 is 62.4. The Balaban J connectivity index is 1.43. The molecule has 2 aromatic rings. The van der Waals surface area contributed by atoms with E-state index in [1.165, 1.54) is 25.3 Å². The number of piperidine rings is 1. The van der Waals surface area contributed by atoms with Crippen molar-refractivity contribution in [2.75, 3.05) is 40.2 Å². The molecule has 0 unspecified atom stereocenters. The normalized spacial score (nSPS) is 22.4. The highest BCUT2D eigenvalue weighted by molar-refractivity contribution is 6.30. The van der Waals surface area contributed by atoms with E-state index >= 15 is 0 Å². The van der Waals surface area contributed by atoms with E-state index in [1.807, 2.05) is 18.2 Å². The van der Waals surface area contributed by atoms with E-state index in [4.69, 9.17) is 30.5 Å². The molecule has 2 heterocycles. The van der Waals surface area contributed by atoms with Crippen molar-refractivity contribution in [1.29, 1.82) is 0 Å². The van der Waals surface area contributed by atoms with Gasteiger partial charge in [0.25, 0.3) is 5.91 Å². The van der Waals surface area contributed by atoms with Crippen molar-refractivity contribution in [3.05, 3.63) is 58.6 Å². The molecule has 4 rings (SSSR count). The summed E-state index contributed by atoms with van der Waals surface area (Å²) in [5.74, 6) is 0.194. The van der Waals surface area contributed by atoms with E-state index in [-0.39, 0.29) is 36.9 Å². The van der Waals surface area contributed by atoms with E-state index in [0.717, 1.165) is 5.56 Å². The predicted octanol–water partition coefficient (Wildman–Crippen LogP) is 4.38. The lowest BCUT2D eigenvalue weighted by Gasteiger charge is -2.42. The molecule has 34 heavy (non-hydrogen) atoms. The van der Waals surface area contributed by atoms with Gasteiger partial charge < -0.3 is 23.8 Å². The van der Waals surface area contributed by atoms with Gasteiger partial charge in [-0.3, -0.25) is 9.53 Å². The summed E-state index contributed by atoms with van der Waals surface area (Å²) in [6, 6.07) is 11.9. The molecule has 184 valence electrons. The van der Waals surface area contributed by atoms with E-state index in [1.54, 1.807) is 11.0 Å². The first-order chi connectivity index (χ1) is 16.2. The Morgan fingerprint density at radius 3 is 2.76 bits per heavy atom. The fraction of sp³-hybridized carbons (Fsp3) is 0.435. The molecule has 1 amide bonds. The Bertz CT molecular complexity index is 1040. The molecule has 2 aliphatic heterocycles. The molecule has 2 aliphatic rings. The number of benzene rings is 2. The van der Waals surface area contributed by atoms with E-state index in [0.29, 0.717) is 30.1 Å². The Labute approximate surface area is 199 Å². The van der Waals surface area contributed by atoms with E-state index in [2.05, 4.69) is 4.74 Å². The van der Waals surface area contributed by atoms with E-state index < -0.39 is 18.6 Å². The summed E-state index contributed by atoms with van der Waals surface area (Å²) in [5, 5.41) is 0.596. The summed E-state index contributed by atoms with van der Waals surface area (Å²) in [4.78, 5) is 14.9. The van der Waals surface area contributed by atoms with Gasteiger partial charge in [0.1, 0.15) is 25.1 Å². The first kappa shape index (κ1) is 24.6. The molecule has 0 aliphatic carbocycles. The third-order valence-electron chi connectivity index (χ3n) is 5.86. The summed E-state index contributed by atoms with van der Waals surface area (Å²) in [5.41, 5.74) is 0.590. The largest absolute Gasteiger partial charge is 0.522 e. The lowest BCUT2D eigenvalue weighted by molar-refractivity contribution is -0.325. The molecular weight excluding hydrogens is 479 g/mol. The molecule has 11 heteroatoms. The van der Waals surface area contributed by atoms with Gasteiger partial charge in [0, 0.05) is 23.6 Å². The molecule has 2 fully saturated rings. The first-order valence-electron chi connectivity index (χ1n) is 10.5.